The topological polar surface area (TPSA) is 87.2 Å². The van der Waals surface area contributed by atoms with Crippen LogP contribution in [0.3, 0.4) is 0 Å². The van der Waals surface area contributed by atoms with Crippen molar-refractivity contribution in [3.8, 4) is 0 Å². The van der Waals surface area contributed by atoms with Gasteiger partial charge in [0, 0.05) is 37.9 Å². The lowest BCUT2D eigenvalue weighted by Crippen LogP contribution is -2.31. The lowest BCUT2D eigenvalue weighted by Gasteiger charge is -2.28. The Kier molecular flexibility index (Phi) is 6.79. The molecule has 2 N–H and O–H groups in total. The van der Waals surface area contributed by atoms with Crippen molar-refractivity contribution in [2.75, 3.05) is 36.4 Å². The zero-order valence-electron chi connectivity index (χ0n) is 16.0. The minimum Gasteiger partial charge on any atom is -0.356 e. The largest absolute Gasteiger partial charge is 0.356 e. The number of rotatable bonds is 8. The molecule has 0 radical (unpaired) electrons. The number of hydrogen-bond donors (Lipinski definition) is 2. The van der Waals surface area contributed by atoms with Gasteiger partial charge >= 0.3 is 0 Å². The third-order valence-corrected chi connectivity index (χ3v) is 5.88. The second-order valence-corrected chi connectivity index (χ2v) is 8.75. The summed E-state index contributed by atoms with van der Waals surface area (Å²) in [7, 11) is -3.50. The van der Waals surface area contributed by atoms with Gasteiger partial charge in [0.15, 0.2) is 0 Å². The first-order valence-corrected chi connectivity index (χ1v) is 11.1. The van der Waals surface area contributed by atoms with Crippen LogP contribution in [-0.4, -0.2) is 44.6 Å². The molecule has 1 saturated heterocycles. The van der Waals surface area contributed by atoms with Crippen LogP contribution in [0.4, 0.5) is 16.2 Å². The van der Waals surface area contributed by atoms with E-state index in [-0.39, 0.29) is 18.1 Å². The summed E-state index contributed by atoms with van der Waals surface area (Å²) in [6, 6.07) is 7.41. The molecule has 0 atom stereocenters. The molecule has 28 heavy (non-hydrogen) atoms. The van der Waals surface area contributed by atoms with Gasteiger partial charge in [0.1, 0.15) is 11.6 Å². The lowest BCUT2D eigenvalue weighted by atomic mass is 10.1. The summed E-state index contributed by atoms with van der Waals surface area (Å²) in [6.07, 6.45) is 3.59. The zero-order chi connectivity index (χ0) is 20.0. The second-order valence-electron chi connectivity index (χ2n) is 6.95. The first kappa shape index (κ1) is 20.5. The third-order valence-electron chi connectivity index (χ3n) is 4.52. The van der Waals surface area contributed by atoms with E-state index in [0.717, 1.165) is 24.6 Å². The van der Waals surface area contributed by atoms with Crippen LogP contribution < -0.4 is 14.9 Å². The SMILES string of the molecule is Cc1cc(N2CCCCC2)nc(NCCNS(=O)(=O)Cc2ccc(F)cc2)n1. The van der Waals surface area contributed by atoms with E-state index in [0.29, 0.717) is 18.1 Å². The van der Waals surface area contributed by atoms with Gasteiger partial charge in [-0.3, -0.25) is 0 Å². The quantitative estimate of drug-likeness (QED) is 0.654. The molecule has 1 aromatic heterocycles. The number of piperidine rings is 1. The fourth-order valence-electron chi connectivity index (χ4n) is 3.15. The average Bonchev–Trinajstić information content (AvgIpc) is 2.67. The lowest BCUT2D eigenvalue weighted by molar-refractivity contribution is 0.573. The molecule has 2 heterocycles. The number of hydrogen-bond acceptors (Lipinski definition) is 6. The first-order valence-electron chi connectivity index (χ1n) is 9.47. The van der Waals surface area contributed by atoms with Gasteiger partial charge in [-0.15, -0.1) is 0 Å². The Labute approximate surface area is 165 Å². The fraction of sp³-hybridized carbons (Fsp3) is 0.474. The molecular weight excluding hydrogens is 381 g/mol. The van der Waals surface area contributed by atoms with Crippen molar-refractivity contribution in [3.05, 3.63) is 47.4 Å². The molecule has 0 bridgehead atoms. The number of nitrogens with one attached hydrogen (secondary N) is 2. The maximum absolute atomic E-state index is 12.9. The zero-order valence-corrected chi connectivity index (χ0v) is 16.8. The Bertz CT molecular complexity index is 884. The highest BCUT2D eigenvalue weighted by Gasteiger charge is 2.14. The molecule has 1 aliphatic rings. The smallest absolute Gasteiger partial charge is 0.224 e. The third kappa shape index (κ3) is 6.13. The molecule has 1 aliphatic heterocycles. The fourth-order valence-corrected chi connectivity index (χ4v) is 4.29. The molecule has 2 aromatic rings. The minimum absolute atomic E-state index is 0.187. The second kappa shape index (κ2) is 9.29. The Balaban J connectivity index is 1.50. The summed E-state index contributed by atoms with van der Waals surface area (Å²) in [5.41, 5.74) is 1.41. The standard InChI is InChI=1S/C19H26FN5O2S/c1-15-13-18(25-11-3-2-4-12-25)24-19(23-15)21-9-10-22-28(26,27)14-16-5-7-17(20)8-6-16/h5-8,13,22H,2-4,9-12,14H2,1H3,(H,21,23,24). The monoisotopic (exact) mass is 407 g/mol. The summed E-state index contributed by atoms with van der Waals surface area (Å²) in [5, 5.41) is 3.08. The molecule has 0 unspecified atom stereocenters. The molecule has 3 rings (SSSR count). The van der Waals surface area contributed by atoms with E-state index in [1.807, 2.05) is 13.0 Å². The molecule has 9 heteroatoms. The normalized spacial score (nSPS) is 14.9. The van der Waals surface area contributed by atoms with E-state index >= 15 is 0 Å². The molecule has 0 spiro atoms. The molecule has 0 saturated carbocycles. The maximum Gasteiger partial charge on any atom is 0.224 e. The van der Waals surface area contributed by atoms with E-state index < -0.39 is 10.0 Å². The van der Waals surface area contributed by atoms with Crippen LogP contribution in [0.15, 0.2) is 30.3 Å². The molecule has 1 aromatic carbocycles. The van der Waals surface area contributed by atoms with Crippen LogP contribution in [0.25, 0.3) is 0 Å². The van der Waals surface area contributed by atoms with Crippen LogP contribution in [-0.2, 0) is 15.8 Å². The molecule has 0 amide bonds. The molecule has 152 valence electrons. The molecular formula is C19H26FN5O2S. The number of anilines is 2. The van der Waals surface area contributed by atoms with Crippen molar-refractivity contribution >= 4 is 21.8 Å². The predicted octanol–water partition coefficient (Wildman–Crippen LogP) is 2.45. The van der Waals surface area contributed by atoms with Gasteiger partial charge in [0.2, 0.25) is 16.0 Å². The summed E-state index contributed by atoms with van der Waals surface area (Å²) >= 11 is 0. The number of aromatic nitrogens is 2. The average molecular weight is 408 g/mol. The van der Waals surface area contributed by atoms with E-state index in [4.69, 9.17) is 0 Å². The van der Waals surface area contributed by atoms with Crippen LogP contribution in [0, 0.1) is 12.7 Å². The van der Waals surface area contributed by atoms with Gasteiger partial charge in [0.05, 0.1) is 5.75 Å². The van der Waals surface area contributed by atoms with E-state index in [2.05, 4.69) is 24.9 Å². The highest BCUT2D eigenvalue weighted by molar-refractivity contribution is 7.88. The summed E-state index contributed by atoms with van der Waals surface area (Å²) in [4.78, 5) is 11.2. The summed E-state index contributed by atoms with van der Waals surface area (Å²) in [6.45, 7) is 4.50. The maximum atomic E-state index is 12.9. The van der Waals surface area contributed by atoms with Gasteiger partial charge in [-0.2, -0.15) is 4.98 Å². The van der Waals surface area contributed by atoms with Gasteiger partial charge in [-0.05, 0) is 43.9 Å². The van der Waals surface area contributed by atoms with Gasteiger partial charge < -0.3 is 10.2 Å². The van der Waals surface area contributed by atoms with Crippen molar-refractivity contribution in [2.45, 2.75) is 31.9 Å². The number of sulfonamides is 1. The van der Waals surface area contributed by atoms with Gasteiger partial charge in [0.25, 0.3) is 0 Å². The van der Waals surface area contributed by atoms with Crippen LogP contribution >= 0.6 is 0 Å². The summed E-state index contributed by atoms with van der Waals surface area (Å²) in [5.74, 6) is 0.832. The van der Waals surface area contributed by atoms with Gasteiger partial charge in [-0.25, -0.2) is 22.5 Å². The van der Waals surface area contributed by atoms with E-state index in [1.54, 1.807) is 0 Å². The van der Waals surface area contributed by atoms with E-state index in [1.165, 1.54) is 43.5 Å². The van der Waals surface area contributed by atoms with Crippen LogP contribution in [0.2, 0.25) is 0 Å². The predicted molar refractivity (Wildman–Crippen MR) is 108 cm³/mol. The van der Waals surface area contributed by atoms with Crippen molar-refractivity contribution in [3.63, 3.8) is 0 Å². The molecule has 7 nitrogen and oxygen atoms in total. The first-order chi connectivity index (χ1) is 13.4. The Morgan fingerprint density at radius 1 is 1.07 bits per heavy atom. The summed E-state index contributed by atoms with van der Waals surface area (Å²) < 4.78 is 39.7. The molecule has 0 aliphatic carbocycles. The number of nitrogens with zero attached hydrogens (tertiary/aromatic N) is 3. The van der Waals surface area contributed by atoms with Crippen molar-refractivity contribution < 1.29 is 12.8 Å². The Hall–Kier alpha value is -2.26. The van der Waals surface area contributed by atoms with Crippen molar-refractivity contribution in [1.82, 2.24) is 14.7 Å². The number of aryl methyl sites for hydroxylation is 1. The highest BCUT2D eigenvalue weighted by Crippen LogP contribution is 2.19. The Morgan fingerprint density at radius 3 is 2.50 bits per heavy atom. The molecule has 1 fully saturated rings. The Morgan fingerprint density at radius 2 is 1.79 bits per heavy atom. The van der Waals surface area contributed by atoms with Crippen LogP contribution in [0.1, 0.15) is 30.5 Å². The van der Waals surface area contributed by atoms with Crippen molar-refractivity contribution in [2.24, 2.45) is 0 Å². The van der Waals surface area contributed by atoms with E-state index in [9.17, 15) is 12.8 Å². The van der Waals surface area contributed by atoms with Crippen molar-refractivity contribution in [1.29, 1.82) is 0 Å². The number of halogens is 1. The number of benzene rings is 1. The highest BCUT2D eigenvalue weighted by atomic mass is 32.2. The minimum atomic E-state index is -3.50. The van der Waals surface area contributed by atoms with Gasteiger partial charge in [-0.1, -0.05) is 12.1 Å². The van der Waals surface area contributed by atoms with Crippen LogP contribution in [0.5, 0.6) is 0 Å².